The molecule has 7 heteroatoms. The highest BCUT2D eigenvalue weighted by Crippen LogP contribution is 2.52. The van der Waals surface area contributed by atoms with E-state index in [4.69, 9.17) is 0 Å². The van der Waals surface area contributed by atoms with Crippen molar-refractivity contribution in [2.75, 3.05) is 31.1 Å². The van der Waals surface area contributed by atoms with Gasteiger partial charge in [-0.25, -0.2) is 9.97 Å². The molecule has 7 nitrogen and oxygen atoms in total. The van der Waals surface area contributed by atoms with Crippen molar-refractivity contribution >= 4 is 17.8 Å². The van der Waals surface area contributed by atoms with Gasteiger partial charge in [0.05, 0.1) is 11.8 Å². The Hall–Kier alpha value is -2.02. The van der Waals surface area contributed by atoms with E-state index in [1.165, 1.54) is 0 Å². The maximum atomic E-state index is 12.9. The maximum Gasteiger partial charge on any atom is 0.233 e. The predicted molar refractivity (Wildman–Crippen MR) is 109 cm³/mol. The number of unbranched alkanes of at least 4 members (excludes halogenated alkanes) is 1. The largest absolute Gasteiger partial charge is 0.338 e. The van der Waals surface area contributed by atoms with Crippen LogP contribution in [0.3, 0.4) is 0 Å². The lowest BCUT2D eigenvalue weighted by atomic mass is 9.59. The van der Waals surface area contributed by atoms with Crippen LogP contribution in [-0.4, -0.2) is 58.9 Å². The monoisotopic (exact) mass is 397 g/mol. The van der Waals surface area contributed by atoms with E-state index in [9.17, 15) is 9.59 Å². The summed E-state index contributed by atoms with van der Waals surface area (Å²) in [4.78, 5) is 38.4. The Balaban J connectivity index is 1.11. The molecule has 2 aliphatic heterocycles. The molecule has 3 atom stereocenters. The number of carbonyl (C=O) groups is 2. The molecule has 2 amide bonds. The SMILES string of the molecule is O=C1[C@@H]2C3CCC(CC3)[C@@H]2C(=O)N1CCCCC1CN(c2ncccn2)CCN1. The lowest BCUT2D eigenvalue weighted by Gasteiger charge is -2.42. The summed E-state index contributed by atoms with van der Waals surface area (Å²) in [6.07, 6.45) is 11.1. The molecule has 5 fully saturated rings. The summed E-state index contributed by atoms with van der Waals surface area (Å²) in [6, 6.07) is 2.24. The van der Waals surface area contributed by atoms with E-state index in [0.717, 1.165) is 70.5 Å². The highest BCUT2D eigenvalue weighted by Gasteiger charge is 2.57. The van der Waals surface area contributed by atoms with Crippen molar-refractivity contribution in [3.8, 4) is 0 Å². The third kappa shape index (κ3) is 3.54. The first-order chi connectivity index (χ1) is 14.2. The topological polar surface area (TPSA) is 78.4 Å². The van der Waals surface area contributed by atoms with Crippen LogP contribution in [-0.2, 0) is 9.59 Å². The van der Waals surface area contributed by atoms with Gasteiger partial charge in [0.1, 0.15) is 0 Å². The van der Waals surface area contributed by atoms with E-state index in [-0.39, 0.29) is 23.7 Å². The molecule has 0 radical (unpaired) electrons. The van der Waals surface area contributed by atoms with Crippen LogP contribution in [0, 0.1) is 23.7 Å². The Kier molecular flexibility index (Phi) is 5.24. The van der Waals surface area contributed by atoms with Crippen LogP contribution in [0.25, 0.3) is 0 Å². The number of likely N-dealkylation sites (tertiary alicyclic amines) is 1. The molecule has 1 aromatic rings. The number of hydrogen-bond acceptors (Lipinski definition) is 6. The van der Waals surface area contributed by atoms with Gasteiger partial charge in [-0.2, -0.15) is 0 Å². The van der Waals surface area contributed by atoms with E-state index < -0.39 is 0 Å². The molecule has 0 aromatic carbocycles. The van der Waals surface area contributed by atoms with Gasteiger partial charge in [0.2, 0.25) is 17.8 Å². The smallest absolute Gasteiger partial charge is 0.233 e. The molecule has 1 aromatic heterocycles. The number of imide groups is 1. The van der Waals surface area contributed by atoms with Gasteiger partial charge in [0.15, 0.2) is 0 Å². The van der Waals surface area contributed by atoms with Crippen molar-refractivity contribution < 1.29 is 9.59 Å². The van der Waals surface area contributed by atoms with Gasteiger partial charge < -0.3 is 10.2 Å². The molecule has 3 heterocycles. The number of hydrogen-bond donors (Lipinski definition) is 1. The van der Waals surface area contributed by atoms with Crippen LogP contribution in [0.4, 0.5) is 5.95 Å². The summed E-state index contributed by atoms with van der Waals surface area (Å²) in [5.74, 6) is 2.01. The molecule has 2 saturated heterocycles. The van der Waals surface area contributed by atoms with Gasteiger partial charge in [0.25, 0.3) is 0 Å². The normalized spacial score (nSPS) is 34.0. The Bertz CT molecular complexity index is 719. The minimum Gasteiger partial charge on any atom is -0.338 e. The number of carbonyl (C=O) groups excluding carboxylic acids is 2. The maximum absolute atomic E-state index is 12.9. The Labute approximate surface area is 172 Å². The Morgan fingerprint density at radius 1 is 0.966 bits per heavy atom. The fourth-order valence-electron chi connectivity index (χ4n) is 6.16. The van der Waals surface area contributed by atoms with E-state index in [1.54, 1.807) is 17.3 Å². The molecule has 3 saturated carbocycles. The lowest BCUT2D eigenvalue weighted by Crippen LogP contribution is -2.51. The van der Waals surface area contributed by atoms with Crippen molar-refractivity contribution in [3.05, 3.63) is 18.5 Å². The molecular formula is C22H31N5O2. The Morgan fingerprint density at radius 3 is 2.28 bits per heavy atom. The number of piperazine rings is 1. The first-order valence-corrected chi connectivity index (χ1v) is 11.3. The molecule has 5 aliphatic rings. The zero-order valence-corrected chi connectivity index (χ0v) is 17.0. The van der Waals surface area contributed by atoms with Crippen LogP contribution in [0.2, 0.25) is 0 Å². The average molecular weight is 398 g/mol. The van der Waals surface area contributed by atoms with E-state index >= 15 is 0 Å². The van der Waals surface area contributed by atoms with E-state index in [2.05, 4.69) is 20.2 Å². The van der Waals surface area contributed by atoms with Gasteiger partial charge in [-0.1, -0.05) is 6.42 Å². The number of fused-ring (bicyclic) bond motifs is 2. The summed E-state index contributed by atoms with van der Waals surface area (Å²) < 4.78 is 0. The first-order valence-electron chi connectivity index (χ1n) is 11.3. The molecule has 6 rings (SSSR count). The van der Waals surface area contributed by atoms with Gasteiger partial charge in [-0.05, 0) is 56.4 Å². The van der Waals surface area contributed by atoms with Gasteiger partial charge in [-0.15, -0.1) is 0 Å². The van der Waals surface area contributed by atoms with Crippen molar-refractivity contribution in [1.82, 2.24) is 20.2 Å². The zero-order valence-electron chi connectivity index (χ0n) is 17.0. The molecule has 1 N–H and O–H groups in total. The molecule has 1 unspecified atom stereocenters. The van der Waals surface area contributed by atoms with Gasteiger partial charge in [0, 0.05) is 44.6 Å². The van der Waals surface area contributed by atoms with E-state index in [0.29, 0.717) is 24.4 Å². The number of nitrogens with one attached hydrogen (secondary N) is 1. The van der Waals surface area contributed by atoms with Crippen molar-refractivity contribution in [2.24, 2.45) is 23.7 Å². The van der Waals surface area contributed by atoms with Crippen LogP contribution >= 0.6 is 0 Å². The van der Waals surface area contributed by atoms with E-state index in [1.807, 2.05) is 6.07 Å². The fourth-order valence-corrected chi connectivity index (χ4v) is 6.16. The number of aromatic nitrogens is 2. The summed E-state index contributed by atoms with van der Waals surface area (Å²) in [5, 5.41) is 3.58. The van der Waals surface area contributed by atoms with Crippen LogP contribution < -0.4 is 10.2 Å². The molecular weight excluding hydrogens is 366 g/mol. The number of anilines is 1. The Morgan fingerprint density at radius 2 is 1.62 bits per heavy atom. The second-order valence-corrected chi connectivity index (χ2v) is 9.20. The molecule has 156 valence electrons. The first kappa shape index (κ1) is 19.0. The van der Waals surface area contributed by atoms with Gasteiger partial charge in [-0.3, -0.25) is 14.5 Å². The summed E-state index contributed by atoms with van der Waals surface area (Å²) in [6.45, 7) is 3.35. The minimum absolute atomic E-state index is 0.00874. The lowest BCUT2D eigenvalue weighted by molar-refractivity contribution is -0.140. The van der Waals surface area contributed by atoms with Crippen molar-refractivity contribution in [3.63, 3.8) is 0 Å². The zero-order chi connectivity index (χ0) is 19.8. The van der Waals surface area contributed by atoms with Crippen LogP contribution in [0.5, 0.6) is 0 Å². The standard InChI is InChI=1S/C22H31N5O2/c28-20-18-15-5-6-16(8-7-15)19(18)21(29)27(20)12-2-1-4-17-14-26(13-11-23-17)22-24-9-3-10-25-22/h3,9-10,15-19,23H,1-2,4-8,11-14H2/t15?,16?,17?,18-,19+. The van der Waals surface area contributed by atoms with Crippen LogP contribution in [0.1, 0.15) is 44.9 Å². The summed E-state index contributed by atoms with van der Waals surface area (Å²) >= 11 is 0. The van der Waals surface area contributed by atoms with Gasteiger partial charge >= 0.3 is 0 Å². The van der Waals surface area contributed by atoms with Crippen molar-refractivity contribution in [2.45, 2.75) is 51.0 Å². The molecule has 2 bridgehead atoms. The molecule has 29 heavy (non-hydrogen) atoms. The average Bonchev–Trinajstić information content (AvgIpc) is 3.05. The van der Waals surface area contributed by atoms with Crippen LogP contribution in [0.15, 0.2) is 18.5 Å². The third-order valence-corrected chi connectivity index (χ3v) is 7.60. The molecule has 0 spiro atoms. The number of nitrogens with zero attached hydrogens (tertiary/aromatic N) is 4. The summed E-state index contributed by atoms with van der Waals surface area (Å²) in [7, 11) is 0. The predicted octanol–water partition coefficient (Wildman–Crippen LogP) is 1.85. The second kappa shape index (κ2) is 8.01. The van der Waals surface area contributed by atoms with Crippen molar-refractivity contribution in [1.29, 1.82) is 0 Å². The summed E-state index contributed by atoms with van der Waals surface area (Å²) in [5.41, 5.74) is 0. The fraction of sp³-hybridized carbons (Fsp3) is 0.727. The highest BCUT2D eigenvalue weighted by atomic mass is 16.2. The second-order valence-electron chi connectivity index (χ2n) is 9.20. The highest BCUT2D eigenvalue weighted by molar-refractivity contribution is 6.05. The molecule has 3 aliphatic carbocycles. The third-order valence-electron chi connectivity index (χ3n) is 7.60. The number of amides is 2. The number of rotatable bonds is 6. The quantitative estimate of drug-likeness (QED) is 0.583. The minimum atomic E-state index is 0.00874.